The summed E-state index contributed by atoms with van der Waals surface area (Å²) < 4.78 is 8.58. The molecular weight excluding hydrogens is 448 g/mol. The first-order valence-electron chi connectivity index (χ1n) is 12.5. The lowest BCUT2D eigenvalue weighted by Gasteiger charge is -2.24. The Hall–Kier alpha value is -3.97. The van der Waals surface area contributed by atoms with E-state index in [9.17, 15) is 0 Å². The fourth-order valence-electron chi connectivity index (χ4n) is 4.38. The number of ether oxygens (including phenoxy) is 1. The molecule has 3 aromatic heterocycles. The van der Waals surface area contributed by atoms with E-state index in [0.717, 1.165) is 52.6 Å². The summed E-state index contributed by atoms with van der Waals surface area (Å²) in [6.45, 7) is 3.37. The lowest BCUT2D eigenvalue weighted by atomic mass is 10.1. The van der Waals surface area contributed by atoms with E-state index in [1.807, 2.05) is 53.0 Å². The molecule has 0 unspecified atom stereocenters. The molecule has 184 valence electrons. The molecule has 0 bridgehead atoms. The van der Waals surface area contributed by atoms with Crippen molar-refractivity contribution in [2.75, 3.05) is 33.0 Å². The van der Waals surface area contributed by atoms with E-state index in [-0.39, 0.29) is 0 Å². The van der Waals surface area contributed by atoms with Gasteiger partial charge in [-0.15, -0.1) is 0 Å². The van der Waals surface area contributed by atoms with Crippen molar-refractivity contribution < 1.29 is 4.74 Å². The second kappa shape index (κ2) is 9.95. The van der Waals surface area contributed by atoms with Crippen LogP contribution in [0.1, 0.15) is 25.5 Å². The highest BCUT2D eigenvalue weighted by Gasteiger charge is 2.26. The number of aromatic nitrogens is 4. The van der Waals surface area contributed by atoms with Crippen LogP contribution in [0.3, 0.4) is 0 Å². The third-order valence-electron chi connectivity index (χ3n) is 6.54. The summed E-state index contributed by atoms with van der Waals surface area (Å²) in [5.74, 6) is 1.40. The van der Waals surface area contributed by atoms with Gasteiger partial charge in [0.15, 0.2) is 5.65 Å². The summed E-state index contributed by atoms with van der Waals surface area (Å²) >= 11 is 0. The van der Waals surface area contributed by atoms with Crippen molar-refractivity contribution in [3.8, 4) is 17.1 Å². The van der Waals surface area contributed by atoms with Crippen molar-refractivity contribution in [2.45, 2.75) is 26.2 Å². The molecule has 0 aliphatic carbocycles. The molecule has 0 saturated heterocycles. The largest absolute Gasteiger partial charge is 0.471 e. The smallest absolute Gasteiger partial charge is 0.348 e. The van der Waals surface area contributed by atoms with Crippen LogP contribution in [0, 0.1) is 0 Å². The van der Waals surface area contributed by atoms with Gasteiger partial charge in [0, 0.05) is 16.6 Å². The highest BCUT2D eigenvalue weighted by atomic mass is 16.5. The molecule has 0 fully saturated rings. The van der Waals surface area contributed by atoms with Gasteiger partial charge in [-0.1, -0.05) is 67.0 Å². The van der Waals surface area contributed by atoms with Gasteiger partial charge in [-0.2, -0.15) is 4.98 Å². The normalized spacial score (nSPS) is 11.9. The summed E-state index contributed by atoms with van der Waals surface area (Å²) in [4.78, 5) is 9.67. The van der Waals surface area contributed by atoms with Gasteiger partial charge in [0.2, 0.25) is 5.88 Å². The number of hydrogen-bond acceptors (Lipinski definition) is 5. The number of nitrogens with two attached hydrogens (primary N) is 1. The molecule has 0 atom stereocenters. The molecule has 0 spiro atoms. The number of aryl methyl sites for hydroxylation is 1. The van der Waals surface area contributed by atoms with E-state index in [2.05, 4.69) is 45.3 Å². The molecule has 36 heavy (non-hydrogen) atoms. The number of benzene rings is 2. The number of nitrogens with zero attached hydrogens (tertiary/aromatic N) is 5. The molecule has 0 saturated carbocycles. The number of pyridine rings is 2. The Bertz CT molecular complexity index is 1490. The van der Waals surface area contributed by atoms with Crippen LogP contribution < -0.4 is 15.0 Å². The van der Waals surface area contributed by atoms with E-state index in [1.165, 1.54) is 0 Å². The second-order valence-electron chi connectivity index (χ2n) is 9.69. The van der Waals surface area contributed by atoms with E-state index in [1.54, 1.807) is 0 Å². The number of likely N-dealkylation sites (N-methyl/N-ethyl adjacent to an activating group) is 1. The second-order valence-corrected chi connectivity index (χ2v) is 9.69. The Kier molecular flexibility index (Phi) is 6.57. The molecule has 7 nitrogen and oxygen atoms in total. The molecule has 5 rings (SSSR count). The zero-order valence-electron chi connectivity index (χ0n) is 21.2. The minimum absolute atomic E-state index is 0.462. The Morgan fingerprint density at radius 2 is 1.72 bits per heavy atom. The summed E-state index contributed by atoms with van der Waals surface area (Å²) in [7, 11) is 4.18. The van der Waals surface area contributed by atoms with Crippen LogP contribution in [0.5, 0.6) is 5.88 Å². The minimum Gasteiger partial charge on any atom is -0.471 e. The first-order valence-corrected chi connectivity index (χ1v) is 12.5. The Morgan fingerprint density at radius 3 is 2.53 bits per heavy atom. The van der Waals surface area contributed by atoms with Crippen molar-refractivity contribution in [1.82, 2.24) is 24.1 Å². The van der Waals surface area contributed by atoms with Gasteiger partial charge in [0.25, 0.3) is 0 Å². The molecule has 0 aliphatic heterocycles. The fourth-order valence-corrected chi connectivity index (χ4v) is 4.38. The van der Waals surface area contributed by atoms with Crippen molar-refractivity contribution in [3.05, 3.63) is 78.5 Å². The van der Waals surface area contributed by atoms with Gasteiger partial charge >= 0.3 is 5.95 Å². The molecular formula is C29H33N6O+. The Labute approximate surface area is 211 Å². The Morgan fingerprint density at radius 1 is 0.944 bits per heavy atom. The maximum Gasteiger partial charge on any atom is 0.348 e. The van der Waals surface area contributed by atoms with Crippen LogP contribution >= 0.6 is 0 Å². The maximum atomic E-state index is 6.35. The van der Waals surface area contributed by atoms with Crippen molar-refractivity contribution >= 4 is 28.1 Å². The highest BCUT2D eigenvalue weighted by Crippen LogP contribution is 2.29. The molecule has 0 amide bonds. The number of quaternary nitrogens is 1. The van der Waals surface area contributed by atoms with Gasteiger partial charge in [0.05, 0.1) is 25.5 Å². The zero-order valence-corrected chi connectivity index (χ0v) is 21.2. The van der Waals surface area contributed by atoms with E-state index in [0.29, 0.717) is 35.2 Å². The molecule has 7 heteroatoms. The summed E-state index contributed by atoms with van der Waals surface area (Å²) in [5, 5.41) is 7.07. The minimum atomic E-state index is 0.462. The predicted molar refractivity (Wildman–Crippen MR) is 147 cm³/mol. The van der Waals surface area contributed by atoms with Crippen LogP contribution in [-0.2, 0) is 6.42 Å². The van der Waals surface area contributed by atoms with Gasteiger partial charge < -0.3 is 10.5 Å². The van der Waals surface area contributed by atoms with E-state index < -0.39 is 0 Å². The summed E-state index contributed by atoms with van der Waals surface area (Å²) in [6, 6.07) is 24.3. The quantitative estimate of drug-likeness (QED) is 0.281. The Balaban J connectivity index is 1.39. The number of anilines is 1. The fraction of sp³-hybridized carbons (Fsp3) is 0.276. The van der Waals surface area contributed by atoms with Crippen molar-refractivity contribution in [1.29, 1.82) is 0 Å². The SMILES string of the molecule is CCCCc1cc2ccccc2c(OCC[N+](C)(C)c2nc3ccc(N)c(-c4ccccc4)n3n2)n1. The van der Waals surface area contributed by atoms with Crippen LogP contribution in [-0.4, -0.2) is 46.8 Å². The number of fused-ring (bicyclic) bond motifs is 2. The lowest BCUT2D eigenvalue weighted by Crippen LogP contribution is -2.44. The molecule has 5 aromatic rings. The molecule has 0 radical (unpaired) electrons. The first-order chi connectivity index (χ1) is 17.5. The first kappa shape index (κ1) is 23.8. The van der Waals surface area contributed by atoms with Crippen LogP contribution in [0.25, 0.3) is 27.7 Å². The number of hydrogen-bond donors (Lipinski definition) is 1. The third-order valence-corrected chi connectivity index (χ3v) is 6.54. The standard InChI is InChI=1S/C29H33N6O/c1-4-5-14-23-20-22-13-9-10-15-24(22)28(31-23)36-19-18-35(2,3)29-32-26-17-16-25(30)27(34(26)33-29)21-11-7-6-8-12-21/h6-13,15-17,20H,4-5,14,18-19,30H2,1-3H3/q+1. The molecule has 2 N–H and O–H groups in total. The van der Waals surface area contributed by atoms with Gasteiger partial charge in [-0.25, -0.2) is 9.50 Å². The predicted octanol–water partition coefficient (Wildman–Crippen LogP) is 5.52. The maximum absolute atomic E-state index is 6.35. The van der Waals surface area contributed by atoms with Gasteiger partial charge in [-0.05, 0) is 42.5 Å². The van der Waals surface area contributed by atoms with Crippen molar-refractivity contribution in [2.24, 2.45) is 0 Å². The average Bonchev–Trinajstić information content (AvgIpc) is 3.33. The van der Waals surface area contributed by atoms with Crippen LogP contribution in [0.15, 0.2) is 72.8 Å². The summed E-state index contributed by atoms with van der Waals surface area (Å²) in [6.07, 6.45) is 3.21. The van der Waals surface area contributed by atoms with Crippen LogP contribution in [0.4, 0.5) is 11.6 Å². The molecule has 0 aliphatic rings. The van der Waals surface area contributed by atoms with Gasteiger partial charge in [-0.3, -0.25) is 4.48 Å². The van der Waals surface area contributed by atoms with Gasteiger partial charge in [0.1, 0.15) is 13.2 Å². The highest BCUT2D eigenvalue weighted by molar-refractivity contribution is 5.87. The number of unbranched alkanes of at least 4 members (excludes halogenated alkanes) is 1. The zero-order chi connectivity index (χ0) is 25.1. The average molecular weight is 482 g/mol. The molecule has 3 heterocycles. The van der Waals surface area contributed by atoms with E-state index in [4.69, 9.17) is 25.5 Å². The van der Waals surface area contributed by atoms with Crippen molar-refractivity contribution in [3.63, 3.8) is 0 Å². The number of rotatable bonds is 9. The van der Waals surface area contributed by atoms with Crippen LogP contribution in [0.2, 0.25) is 0 Å². The topological polar surface area (TPSA) is 78.3 Å². The molecule has 2 aromatic carbocycles. The monoisotopic (exact) mass is 481 g/mol. The summed E-state index contributed by atoms with van der Waals surface area (Å²) in [5.41, 5.74) is 10.7. The number of nitrogen functional groups attached to an aromatic ring is 1. The lowest BCUT2D eigenvalue weighted by molar-refractivity contribution is 0.250. The third kappa shape index (κ3) is 4.75. The van der Waals surface area contributed by atoms with E-state index >= 15 is 0 Å².